The molecule has 2 heterocycles. The lowest BCUT2D eigenvalue weighted by molar-refractivity contribution is -0.127. The number of carbonyl (C=O) groups excluding carboxylic acids is 1. The normalized spacial score (nSPS) is 17.0. The number of aromatic nitrogens is 2. The van der Waals surface area contributed by atoms with E-state index in [-0.39, 0.29) is 17.9 Å². The molecule has 1 aliphatic rings. The van der Waals surface area contributed by atoms with Crippen LogP contribution >= 0.6 is 0 Å². The molecule has 2 unspecified atom stereocenters. The van der Waals surface area contributed by atoms with Crippen molar-refractivity contribution in [1.29, 1.82) is 0 Å². The SMILES string of the molecule is Cc1ccccc1-c1noc(CN2CCCC(C(=O)NC(c3ccccc3)c3ccccc3C)C2)n1. The Morgan fingerprint density at radius 1 is 1.00 bits per heavy atom. The van der Waals surface area contributed by atoms with E-state index in [2.05, 4.69) is 51.5 Å². The lowest BCUT2D eigenvalue weighted by Gasteiger charge is -2.32. The van der Waals surface area contributed by atoms with Crippen LogP contribution in [0.4, 0.5) is 0 Å². The highest BCUT2D eigenvalue weighted by molar-refractivity contribution is 5.80. The van der Waals surface area contributed by atoms with Crippen molar-refractivity contribution >= 4 is 5.91 Å². The van der Waals surface area contributed by atoms with E-state index in [1.807, 2.05) is 61.5 Å². The molecule has 1 aliphatic heterocycles. The number of likely N-dealkylation sites (tertiary alicyclic amines) is 1. The summed E-state index contributed by atoms with van der Waals surface area (Å²) in [5, 5.41) is 7.55. The first-order valence-electron chi connectivity index (χ1n) is 12.6. The topological polar surface area (TPSA) is 71.3 Å². The third-order valence-corrected chi connectivity index (χ3v) is 7.01. The van der Waals surface area contributed by atoms with Crippen LogP contribution in [0.5, 0.6) is 0 Å². The predicted molar refractivity (Wildman–Crippen MR) is 140 cm³/mol. The van der Waals surface area contributed by atoms with Gasteiger partial charge in [-0.15, -0.1) is 0 Å². The maximum absolute atomic E-state index is 13.5. The minimum Gasteiger partial charge on any atom is -0.345 e. The summed E-state index contributed by atoms with van der Waals surface area (Å²) >= 11 is 0. The molecule has 1 saturated heterocycles. The van der Waals surface area contributed by atoms with Crippen LogP contribution < -0.4 is 5.32 Å². The Morgan fingerprint density at radius 3 is 2.50 bits per heavy atom. The van der Waals surface area contributed by atoms with Crippen molar-refractivity contribution in [3.05, 3.63) is 107 Å². The van der Waals surface area contributed by atoms with Crippen molar-refractivity contribution in [3.63, 3.8) is 0 Å². The fourth-order valence-corrected chi connectivity index (χ4v) is 5.01. The number of rotatable bonds is 7. The third-order valence-electron chi connectivity index (χ3n) is 7.01. The van der Waals surface area contributed by atoms with E-state index < -0.39 is 0 Å². The van der Waals surface area contributed by atoms with Crippen LogP contribution in [0.2, 0.25) is 0 Å². The van der Waals surface area contributed by atoms with Gasteiger partial charge < -0.3 is 9.84 Å². The van der Waals surface area contributed by atoms with E-state index in [1.165, 1.54) is 0 Å². The van der Waals surface area contributed by atoms with Crippen LogP contribution in [-0.4, -0.2) is 34.0 Å². The third kappa shape index (κ3) is 5.39. The van der Waals surface area contributed by atoms with Crippen LogP contribution in [0.15, 0.2) is 83.4 Å². The number of benzene rings is 3. The van der Waals surface area contributed by atoms with Gasteiger partial charge in [0.25, 0.3) is 0 Å². The van der Waals surface area contributed by atoms with Gasteiger partial charge in [0.15, 0.2) is 0 Å². The summed E-state index contributed by atoms with van der Waals surface area (Å²) in [5.74, 6) is 1.19. The zero-order chi connectivity index (χ0) is 24.9. The van der Waals surface area contributed by atoms with E-state index in [0.29, 0.717) is 24.8 Å². The molecule has 5 rings (SSSR count). The number of hydrogen-bond donors (Lipinski definition) is 1. The Kier molecular flexibility index (Phi) is 7.23. The fourth-order valence-electron chi connectivity index (χ4n) is 5.01. The van der Waals surface area contributed by atoms with E-state index in [4.69, 9.17) is 4.52 Å². The lowest BCUT2D eigenvalue weighted by atomic mass is 9.92. The molecule has 0 bridgehead atoms. The molecule has 0 aliphatic carbocycles. The standard InChI is InChI=1S/C30H32N4O2/c1-21-11-6-8-16-25(21)28(23-13-4-3-5-14-23)32-30(35)24-15-10-18-34(19-24)20-27-31-29(33-36-27)26-17-9-7-12-22(26)2/h3-9,11-14,16-17,24,28H,10,15,18-20H2,1-2H3,(H,32,35). The average Bonchev–Trinajstić information content (AvgIpc) is 3.36. The minimum absolute atomic E-state index is 0.0861. The molecule has 0 spiro atoms. The molecular formula is C30H32N4O2. The van der Waals surface area contributed by atoms with Gasteiger partial charge in [0.1, 0.15) is 0 Å². The minimum atomic E-state index is -0.178. The Labute approximate surface area is 212 Å². The largest absolute Gasteiger partial charge is 0.345 e. The number of nitrogens with one attached hydrogen (secondary N) is 1. The number of amides is 1. The molecule has 6 heteroatoms. The van der Waals surface area contributed by atoms with Crippen molar-refractivity contribution in [3.8, 4) is 11.4 Å². The quantitative estimate of drug-likeness (QED) is 0.380. The molecule has 4 aromatic rings. The average molecular weight is 481 g/mol. The number of aryl methyl sites for hydroxylation is 2. The van der Waals surface area contributed by atoms with Crippen molar-refractivity contribution < 1.29 is 9.32 Å². The van der Waals surface area contributed by atoms with Crippen LogP contribution in [0.3, 0.4) is 0 Å². The first-order valence-corrected chi connectivity index (χ1v) is 12.6. The molecule has 36 heavy (non-hydrogen) atoms. The van der Waals surface area contributed by atoms with Gasteiger partial charge >= 0.3 is 0 Å². The molecule has 1 amide bonds. The van der Waals surface area contributed by atoms with Gasteiger partial charge in [-0.05, 0) is 55.5 Å². The van der Waals surface area contributed by atoms with Gasteiger partial charge in [-0.3, -0.25) is 9.69 Å². The maximum Gasteiger partial charge on any atom is 0.241 e. The van der Waals surface area contributed by atoms with Crippen molar-refractivity contribution in [2.75, 3.05) is 13.1 Å². The monoisotopic (exact) mass is 480 g/mol. The van der Waals surface area contributed by atoms with Gasteiger partial charge in [-0.1, -0.05) is 84.0 Å². The van der Waals surface area contributed by atoms with E-state index in [0.717, 1.165) is 47.2 Å². The molecule has 184 valence electrons. The second-order valence-electron chi connectivity index (χ2n) is 9.61. The summed E-state index contributed by atoms with van der Waals surface area (Å²) in [4.78, 5) is 20.4. The van der Waals surface area contributed by atoms with Gasteiger partial charge in [0.05, 0.1) is 18.5 Å². The second-order valence-corrected chi connectivity index (χ2v) is 9.61. The number of nitrogens with zero attached hydrogens (tertiary/aromatic N) is 3. The van der Waals surface area contributed by atoms with Crippen LogP contribution in [0.1, 0.15) is 47.0 Å². The van der Waals surface area contributed by atoms with Crippen molar-refractivity contribution in [2.45, 2.75) is 39.3 Å². The highest BCUT2D eigenvalue weighted by Gasteiger charge is 2.29. The summed E-state index contributed by atoms with van der Waals surface area (Å²) in [6.45, 7) is 6.26. The molecule has 0 radical (unpaired) electrons. The van der Waals surface area contributed by atoms with E-state index in [9.17, 15) is 4.79 Å². The fraction of sp³-hybridized carbons (Fsp3) is 0.300. The number of piperidine rings is 1. The smallest absolute Gasteiger partial charge is 0.241 e. The van der Waals surface area contributed by atoms with Gasteiger partial charge in [-0.2, -0.15) is 4.98 Å². The van der Waals surface area contributed by atoms with E-state index >= 15 is 0 Å². The Morgan fingerprint density at radius 2 is 1.72 bits per heavy atom. The van der Waals surface area contributed by atoms with Crippen LogP contribution in [0.25, 0.3) is 11.4 Å². The molecule has 1 aromatic heterocycles. The lowest BCUT2D eigenvalue weighted by Crippen LogP contribution is -2.44. The zero-order valence-corrected chi connectivity index (χ0v) is 20.9. The molecular weight excluding hydrogens is 448 g/mol. The van der Waals surface area contributed by atoms with Gasteiger partial charge in [-0.25, -0.2) is 0 Å². The summed E-state index contributed by atoms with van der Waals surface area (Å²) in [6.07, 6.45) is 1.83. The first-order chi connectivity index (χ1) is 17.6. The summed E-state index contributed by atoms with van der Waals surface area (Å²) in [5.41, 5.74) is 5.47. The highest BCUT2D eigenvalue weighted by atomic mass is 16.5. The molecule has 2 atom stereocenters. The number of carbonyl (C=O) groups is 1. The molecule has 1 N–H and O–H groups in total. The van der Waals surface area contributed by atoms with Gasteiger partial charge in [0, 0.05) is 12.1 Å². The van der Waals surface area contributed by atoms with Crippen molar-refractivity contribution in [1.82, 2.24) is 20.4 Å². The predicted octanol–water partition coefficient (Wildman–Crippen LogP) is 5.47. The molecule has 3 aromatic carbocycles. The molecule has 6 nitrogen and oxygen atoms in total. The first kappa shape index (κ1) is 23.9. The van der Waals surface area contributed by atoms with Gasteiger partial charge in [0.2, 0.25) is 17.6 Å². The molecule has 0 saturated carbocycles. The summed E-state index contributed by atoms with van der Waals surface area (Å²) in [6, 6.07) is 26.3. The zero-order valence-electron chi connectivity index (χ0n) is 20.9. The Balaban J connectivity index is 1.27. The van der Waals surface area contributed by atoms with Crippen LogP contribution in [0, 0.1) is 19.8 Å². The van der Waals surface area contributed by atoms with Crippen LogP contribution in [-0.2, 0) is 11.3 Å². The van der Waals surface area contributed by atoms with Crippen molar-refractivity contribution in [2.24, 2.45) is 5.92 Å². The second kappa shape index (κ2) is 10.9. The summed E-state index contributed by atoms with van der Waals surface area (Å²) < 4.78 is 5.56. The number of hydrogen-bond acceptors (Lipinski definition) is 5. The Bertz CT molecular complexity index is 1320. The summed E-state index contributed by atoms with van der Waals surface area (Å²) in [7, 11) is 0. The maximum atomic E-state index is 13.5. The highest BCUT2D eigenvalue weighted by Crippen LogP contribution is 2.27. The Hall–Kier alpha value is -3.77. The van der Waals surface area contributed by atoms with E-state index in [1.54, 1.807) is 0 Å². The molecule has 1 fully saturated rings.